The molecule has 1 fully saturated rings. The fourth-order valence-corrected chi connectivity index (χ4v) is 3.70. The highest BCUT2D eigenvalue weighted by Gasteiger charge is 2.35. The molecule has 1 aliphatic rings. The molecule has 0 heterocycles. The quantitative estimate of drug-likeness (QED) is 0.463. The summed E-state index contributed by atoms with van der Waals surface area (Å²) in [4.78, 5) is 14.1. The van der Waals surface area contributed by atoms with Crippen LogP contribution >= 0.6 is 0 Å². The van der Waals surface area contributed by atoms with Crippen LogP contribution in [0.5, 0.6) is 5.75 Å². The molecule has 0 aliphatic heterocycles. The molecule has 1 saturated carbocycles. The SMILES string of the molecule is N#COc1ccc(C2(c3ccc(N=C=O)cc3)CCCCC2)cc1. The summed E-state index contributed by atoms with van der Waals surface area (Å²) < 4.78 is 4.89. The van der Waals surface area contributed by atoms with Crippen molar-refractivity contribution in [3.63, 3.8) is 0 Å². The number of aliphatic imine (C=N–C) groups is 1. The summed E-state index contributed by atoms with van der Waals surface area (Å²) in [5, 5.41) is 8.63. The van der Waals surface area contributed by atoms with E-state index < -0.39 is 0 Å². The van der Waals surface area contributed by atoms with Crippen LogP contribution in [0, 0.1) is 11.5 Å². The largest absolute Gasteiger partial charge is 0.388 e. The number of benzene rings is 2. The first kappa shape index (κ1) is 16.0. The maximum absolute atomic E-state index is 10.4. The van der Waals surface area contributed by atoms with E-state index in [0.29, 0.717) is 11.4 Å². The Morgan fingerprint density at radius 2 is 1.50 bits per heavy atom. The van der Waals surface area contributed by atoms with Crippen molar-refractivity contribution in [1.29, 1.82) is 5.26 Å². The summed E-state index contributed by atoms with van der Waals surface area (Å²) in [6.45, 7) is 0. The van der Waals surface area contributed by atoms with Gasteiger partial charge in [-0.1, -0.05) is 43.5 Å². The fourth-order valence-electron chi connectivity index (χ4n) is 3.70. The van der Waals surface area contributed by atoms with Crippen LogP contribution < -0.4 is 4.74 Å². The third-order valence-corrected chi connectivity index (χ3v) is 4.87. The van der Waals surface area contributed by atoms with Crippen LogP contribution in [0.15, 0.2) is 53.5 Å². The van der Waals surface area contributed by atoms with Gasteiger partial charge in [0.2, 0.25) is 6.08 Å². The number of nitrogens with zero attached hydrogens (tertiary/aromatic N) is 2. The first-order valence-corrected chi connectivity index (χ1v) is 8.13. The summed E-state index contributed by atoms with van der Waals surface area (Å²) in [7, 11) is 0. The molecule has 1 aliphatic carbocycles. The molecule has 4 heteroatoms. The topological polar surface area (TPSA) is 62.4 Å². The predicted octanol–water partition coefficient (Wildman–Crippen LogP) is 4.76. The molecule has 4 nitrogen and oxygen atoms in total. The molecule has 0 unspecified atom stereocenters. The molecule has 3 rings (SSSR count). The lowest BCUT2D eigenvalue weighted by Crippen LogP contribution is -2.30. The van der Waals surface area contributed by atoms with Gasteiger partial charge in [0.15, 0.2) is 0 Å². The maximum Gasteiger partial charge on any atom is 0.292 e. The van der Waals surface area contributed by atoms with E-state index in [9.17, 15) is 4.79 Å². The van der Waals surface area contributed by atoms with Crippen LogP contribution in [0.25, 0.3) is 0 Å². The third-order valence-electron chi connectivity index (χ3n) is 4.87. The Balaban J connectivity index is 2.01. The van der Waals surface area contributed by atoms with Crippen molar-refractivity contribution in [2.45, 2.75) is 37.5 Å². The molecule has 0 bridgehead atoms. The van der Waals surface area contributed by atoms with Crippen molar-refractivity contribution in [1.82, 2.24) is 0 Å². The van der Waals surface area contributed by atoms with Crippen molar-refractivity contribution < 1.29 is 9.53 Å². The van der Waals surface area contributed by atoms with Crippen molar-refractivity contribution in [2.75, 3.05) is 0 Å². The molecule has 2 aromatic rings. The van der Waals surface area contributed by atoms with Gasteiger partial charge in [0.05, 0.1) is 5.69 Å². The maximum atomic E-state index is 10.4. The first-order valence-electron chi connectivity index (χ1n) is 8.13. The lowest BCUT2D eigenvalue weighted by atomic mass is 9.65. The van der Waals surface area contributed by atoms with Gasteiger partial charge in [-0.25, -0.2) is 4.79 Å². The average Bonchev–Trinajstić information content (AvgIpc) is 2.64. The summed E-state index contributed by atoms with van der Waals surface area (Å²) in [5.74, 6) is 0.558. The minimum atomic E-state index is -0.0349. The minimum Gasteiger partial charge on any atom is -0.388 e. The molecular formula is C20H18N2O2. The van der Waals surface area contributed by atoms with Gasteiger partial charge < -0.3 is 4.74 Å². The molecule has 24 heavy (non-hydrogen) atoms. The third kappa shape index (κ3) is 3.08. The lowest BCUT2D eigenvalue weighted by Gasteiger charge is -2.38. The van der Waals surface area contributed by atoms with Gasteiger partial charge in [-0.05, 0) is 48.2 Å². The normalized spacial score (nSPS) is 15.8. The molecule has 0 aromatic heterocycles. The fraction of sp³-hybridized carbons (Fsp3) is 0.300. The van der Waals surface area contributed by atoms with E-state index in [0.717, 1.165) is 12.8 Å². The Hall–Kier alpha value is -2.89. The molecule has 0 amide bonds. The van der Waals surface area contributed by atoms with Crippen molar-refractivity contribution in [2.24, 2.45) is 4.99 Å². The van der Waals surface area contributed by atoms with Gasteiger partial charge in [-0.3, -0.25) is 0 Å². The van der Waals surface area contributed by atoms with Gasteiger partial charge in [-0.15, -0.1) is 5.26 Å². The number of carbonyl (C=O) groups excluding carboxylic acids is 1. The molecule has 0 atom stereocenters. The zero-order chi connectivity index (χ0) is 16.8. The van der Waals surface area contributed by atoms with Crippen LogP contribution in [-0.4, -0.2) is 6.08 Å². The van der Waals surface area contributed by atoms with E-state index in [-0.39, 0.29) is 5.41 Å². The van der Waals surface area contributed by atoms with E-state index in [1.165, 1.54) is 30.4 Å². The van der Waals surface area contributed by atoms with Crippen molar-refractivity contribution >= 4 is 11.8 Å². The second-order valence-electron chi connectivity index (χ2n) is 6.11. The minimum absolute atomic E-state index is 0.0349. The van der Waals surface area contributed by atoms with Gasteiger partial charge in [0.1, 0.15) is 5.75 Å². The number of rotatable bonds is 4. The van der Waals surface area contributed by atoms with Crippen molar-refractivity contribution in [3.8, 4) is 12.0 Å². The Labute approximate surface area is 141 Å². The zero-order valence-electron chi connectivity index (χ0n) is 13.4. The second kappa shape index (κ2) is 7.12. The number of hydrogen-bond acceptors (Lipinski definition) is 4. The highest BCUT2D eigenvalue weighted by molar-refractivity contribution is 5.51. The van der Waals surface area contributed by atoms with Gasteiger partial charge >= 0.3 is 0 Å². The predicted molar refractivity (Wildman–Crippen MR) is 90.8 cm³/mol. The Morgan fingerprint density at radius 1 is 0.917 bits per heavy atom. The number of nitriles is 1. The first-order chi connectivity index (χ1) is 11.8. The molecule has 0 radical (unpaired) electrons. The zero-order valence-corrected chi connectivity index (χ0v) is 13.4. The highest BCUT2D eigenvalue weighted by atomic mass is 16.5. The van der Waals surface area contributed by atoms with Crippen LogP contribution in [0.3, 0.4) is 0 Å². The standard InChI is InChI=1S/C20H18N2O2/c21-14-24-19-10-6-17(7-11-19)20(12-2-1-3-13-20)16-4-8-18(9-5-16)22-15-23/h4-11H,1-3,12-13H2. The number of ether oxygens (including phenoxy) is 1. The summed E-state index contributed by atoms with van der Waals surface area (Å²) in [6, 6.07) is 15.6. The van der Waals surface area contributed by atoms with Gasteiger partial charge in [0, 0.05) is 5.41 Å². The second-order valence-corrected chi connectivity index (χ2v) is 6.11. The Morgan fingerprint density at radius 3 is 2.04 bits per heavy atom. The lowest BCUT2D eigenvalue weighted by molar-refractivity contribution is 0.345. The monoisotopic (exact) mass is 318 g/mol. The smallest absolute Gasteiger partial charge is 0.292 e. The molecule has 2 aromatic carbocycles. The summed E-state index contributed by atoms with van der Waals surface area (Å²) in [5.41, 5.74) is 3.06. The molecule has 0 saturated heterocycles. The van der Waals surface area contributed by atoms with Crippen LogP contribution in [0.2, 0.25) is 0 Å². The number of isocyanates is 1. The van der Waals surface area contributed by atoms with E-state index in [1.807, 2.05) is 24.3 Å². The Bertz CT molecular complexity index is 776. The average molecular weight is 318 g/mol. The van der Waals surface area contributed by atoms with E-state index in [4.69, 9.17) is 10.00 Å². The van der Waals surface area contributed by atoms with Crippen LogP contribution in [0.1, 0.15) is 43.2 Å². The number of hydrogen-bond donors (Lipinski definition) is 0. The van der Waals surface area contributed by atoms with Gasteiger partial charge in [-0.2, -0.15) is 4.99 Å². The molecule has 120 valence electrons. The van der Waals surface area contributed by atoms with Crippen LogP contribution in [-0.2, 0) is 10.2 Å². The van der Waals surface area contributed by atoms with E-state index in [1.54, 1.807) is 12.3 Å². The molecular weight excluding hydrogens is 300 g/mol. The Kier molecular flexibility index (Phi) is 4.74. The summed E-state index contributed by atoms with van der Waals surface area (Å²) >= 11 is 0. The highest BCUT2D eigenvalue weighted by Crippen LogP contribution is 2.45. The molecule has 0 spiro atoms. The van der Waals surface area contributed by atoms with Crippen molar-refractivity contribution in [3.05, 3.63) is 59.7 Å². The van der Waals surface area contributed by atoms with Gasteiger partial charge in [0.25, 0.3) is 6.26 Å². The molecule has 0 N–H and O–H groups in total. The van der Waals surface area contributed by atoms with Crippen LogP contribution in [0.4, 0.5) is 5.69 Å². The van der Waals surface area contributed by atoms with E-state index >= 15 is 0 Å². The van der Waals surface area contributed by atoms with E-state index in [2.05, 4.69) is 29.3 Å². The summed E-state index contributed by atoms with van der Waals surface area (Å²) in [6.07, 6.45) is 9.07.